The van der Waals surface area contributed by atoms with Gasteiger partial charge in [-0.2, -0.15) is 0 Å². The third-order valence-corrected chi connectivity index (χ3v) is 5.36. The van der Waals surface area contributed by atoms with Crippen LogP contribution in [0.4, 0.5) is 0 Å². The molecule has 2 aliphatic carbocycles. The molecule has 3 atom stereocenters. The van der Waals surface area contributed by atoms with E-state index in [1.807, 2.05) is 6.92 Å². The van der Waals surface area contributed by atoms with Gasteiger partial charge in [-0.15, -0.1) is 0 Å². The predicted molar refractivity (Wildman–Crippen MR) is 80.3 cm³/mol. The lowest BCUT2D eigenvalue weighted by atomic mass is 9.85. The average molecular weight is 282 g/mol. The zero-order chi connectivity index (χ0) is 14.8. The molecule has 0 amide bonds. The van der Waals surface area contributed by atoms with Crippen molar-refractivity contribution in [1.29, 1.82) is 0 Å². The van der Waals surface area contributed by atoms with Crippen LogP contribution in [0.5, 0.6) is 0 Å². The van der Waals surface area contributed by atoms with Gasteiger partial charge in [-0.25, -0.2) is 0 Å². The van der Waals surface area contributed by atoms with Crippen LogP contribution in [0.3, 0.4) is 0 Å². The molecule has 0 saturated heterocycles. The van der Waals surface area contributed by atoms with Crippen LogP contribution >= 0.6 is 0 Å². The monoisotopic (exact) mass is 282 g/mol. The summed E-state index contributed by atoms with van der Waals surface area (Å²) in [6.45, 7) is 5.60. The fraction of sp³-hybridized carbons (Fsp3) is 0.938. The van der Waals surface area contributed by atoms with Crippen molar-refractivity contribution in [2.75, 3.05) is 20.2 Å². The summed E-state index contributed by atoms with van der Waals surface area (Å²) in [5.41, 5.74) is 5.64. The fourth-order valence-corrected chi connectivity index (χ4v) is 3.54. The molecule has 0 aromatic heterocycles. The molecule has 0 heterocycles. The highest BCUT2D eigenvalue weighted by Gasteiger charge is 2.46. The third-order valence-electron chi connectivity index (χ3n) is 5.36. The quantitative estimate of drug-likeness (QED) is 0.727. The van der Waals surface area contributed by atoms with Gasteiger partial charge in [-0.05, 0) is 71.4 Å². The highest BCUT2D eigenvalue weighted by Crippen LogP contribution is 2.38. The van der Waals surface area contributed by atoms with E-state index in [9.17, 15) is 4.79 Å². The number of nitrogens with two attached hydrogens (primary N) is 1. The summed E-state index contributed by atoms with van der Waals surface area (Å²) in [6.07, 6.45) is 6.63. The molecule has 4 heteroatoms. The van der Waals surface area contributed by atoms with E-state index in [1.54, 1.807) is 0 Å². The Hall–Kier alpha value is -0.610. The molecule has 4 nitrogen and oxygen atoms in total. The summed E-state index contributed by atoms with van der Waals surface area (Å²) in [7, 11) is 2.19. The van der Waals surface area contributed by atoms with E-state index >= 15 is 0 Å². The molecule has 2 saturated carbocycles. The lowest BCUT2D eigenvalue weighted by Gasteiger charge is -2.31. The Bertz CT molecular complexity index is 343. The zero-order valence-electron chi connectivity index (χ0n) is 13.2. The first-order valence-electron chi connectivity index (χ1n) is 8.15. The van der Waals surface area contributed by atoms with Gasteiger partial charge in [0.25, 0.3) is 0 Å². The van der Waals surface area contributed by atoms with E-state index in [4.69, 9.17) is 10.5 Å². The highest BCUT2D eigenvalue weighted by molar-refractivity contribution is 5.81. The summed E-state index contributed by atoms with van der Waals surface area (Å²) >= 11 is 0. The van der Waals surface area contributed by atoms with Crippen LogP contribution < -0.4 is 5.73 Å². The minimum atomic E-state index is -0.736. The summed E-state index contributed by atoms with van der Waals surface area (Å²) < 4.78 is 5.18. The number of hydrogen-bond acceptors (Lipinski definition) is 4. The SMILES string of the molecule is CCOC(=O)C1(N)CCCC1CCN(C)C(C)C1CC1. The molecule has 0 bridgehead atoms. The zero-order valence-corrected chi connectivity index (χ0v) is 13.2. The van der Waals surface area contributed by atoms with Crippen LogP contribution in [0, 0.1) is 11.8 Å². The molecule has 0 spiro atoms. The molecule has 2 N–H and O–H groups in total. The van der Waals surface area contributed by atoms with E-state index < -0.39 is 5.54 Å². The number of carbonyl (C=O) groups is 1. The van der Waals surface area contributed by atoms with E-state index in [0.29, 0.717) is 12.6 Å². The first-order valence-corrected chi connectivity index (χ1v) is 8.15. The maximum atomic E-state index is 12.1. The van der Waals surface area contributed by atoms with E-state index in [-0.39, 0.29) is 11.9 Å². The summed E-state index contributed by atoms with van der Waals surface area (Å²) in [5, 5.41) is 0. The molecular formula is C16H30N2O2. The number of rotatable bonds is 7. The van der Waals surface area contributed by atoms with Crippen molar-refractivity contribution in [2.24, 2.45) is 17.6 Å². The van der Waals surface area contributed by atoms with Crippen molar-refractivity contribution < 1.29 is 9.53 Å². The maximum absolute atomic E-state index is 12.1. The van der Waals surface area contributed by atoms with Crippen LogP contribution in [-0.2, 0) is 9.53 Å². The van der Waals surface area contributed by atoms with Gasteiger partial charge >= 0.3 is 5.97 Å². The van der Waals surface area contributed by atoms with E-state index in [0.717, 1.165) is 38.1 Å². The molecule has 0 aromatic carbocycles. The molecule has 0 radical (unpaired) electrons. The van der Waals surface area contributed by atoms with Crippen LogP contribution in [0.15, 0.2) is 0 Å². The first-order chi connectivity index (χ1) is 9.49. The molecule has 20 heavy (non-hydrogen) atoms. The van der Waals surface area contributed by atoms with Gasteiger partial charge < -0.3 is 15.4 Å². The van der Waals surface area contributed by atoms with Crippen LogP contribution in [0.25, 0.3) is 0 Å². The standard InChI is InChI=1S/C16H30N2O2/c1-4-20-15(19)16(17)10-5-6-14(16)9-11-18(3)12(2)13-7-8-13/h12-14H,4-11,17H2,1-3H3. The van der Waals surface area contributed by atoms with E-state index in [2.05, 4.69) is 18.9 Å². The van der Waals surface area contributed by atoms with Gasteiger partial charge in [0, 0.05) is 6.04 Å². The second-order valence-electron chi connectivity index (χ2n) is 6.70. The minimum absolute atomic E-state index is 0.194. The Labute approximate surface area is 123 Å². The lowest BCUT2D eigenvalue weighted by Crippen LogP contribution is -2.52. The van der Waals surface area contributed by atoms with Crippen LogP contribution in [0.1, 0.15) is 52.4 Å². The van der Waals surface area contributed by atoms with Crippen LogP contribution in [0.2, 0.25) is 0 Å². The average Bonchev–Trinajstić information content (AvgIpc) is 3.20. The van der Waals surface area contributed by atoms with Gasteiger partial charge in [0.05, 0.1) is 6.61 Å². The summed E-state index contributed by atoms with van der Waals surface area (Å²) in [4.78, 5) is 14.5. The number of esters is 1. The molecule has 116 valence electrons. The minimum Gasteiger partial charge on any atom is -0.465 e. The smallest absolute Gasteiger partial charge is 0.326 e. The molecule has 0 aromatic rings. The van der Waals surface area contributed by atoms with Crippen LogP contribution in [-0.4, -0.2) is 42.6 Å². The number of hydrogen-bond donors (Lipinski definition) is 1. The Morgan fingerprint density at radius 1 is 1.45 bits per heavy atom. The molecular weight excluding hydrogens is 252 g/mol. The van der Waals surface area contributed by atoms with Crippen molar-refractivity contribution in [2.45, 2.75) is 64.0 Å². The van der Waals surface area contributed by atoms with Gasteiger partial charge in [0.2, 0.25) is 0 Å². The van der Waals surface area contributed by atoms with Gasteiger partial charge in [0.1, 0.15) is 5.54 Å². The number of ether oxygens (including phenoxy) is 1. The summed E-state index contributed by atoms with van der Waals surface area (Å²) in [6, 6.07) is 0.658. The molecule has 2 rings (SSSR count). The predicted octanol–water partition coefficient (Wildman–Crippen LogP) is 2.17. The second-order valence-corrected chi connectivity index (χ2v) is 6.70. The fourth-order valence-electron chi connectivity index (χ4n) is 3.54. The molecule has 3 unspecified atom stereocenters. The highest BCUT2D eigenvalue weighted by atomic mass is 16.5. The normalized spacial score (nSPS) is 31.6. The molecule has 2 aliphatic rings. The van der Waals surface area contributed by atoms with Gasteiger partial charge in [-0.1, -0.05) is 6.42 Å². The molecule has 2 fully saturated rings. The number of carbonyl (C=O) groups excluding carboxylic acids is 1. The maximum Gasteiger partial charge on any atom is 0.326 e. The van der Waals surface area contributed by atoms with Gasteiger partial charge in [-0.3, -0.25) is 4.79 Å². The topological polar surface area (TPSA) is 55.6 Å². The van der Waals surface area contributed by atoms with Crippen molar-refractivity contribution in [3.8, 4) is 0 Å². The summed E-state index contributed by atoms with van der Waals surface area (Å²) in [5.74, 6) is 0.965. The Kier molecular flexibility index (Phi) is 5.08. The number of nitrogens with zero attached hydrogens (tertiary/aromatic N) is 1. The van der Waals surface area contributed by atoms with Crippen molar-refractivity contribution in [1.82, 2.24) is 4.90 Å². The lowest BCUT2D eigenvalue weighted by molar-refractivity contribution is -0.151. The molecule has 0 aliphatic heterocycles. The Morgan fingerprint density at radius 2 is 2.15 bits per heavy atom. The Balaban J connectivity index is 1.85. The van der Waals surface area contributed by atoms with Gasteiger partial charge in [0.15, 0.2) is 0 Å². The van der Waals surface area contributed by atoms with Crippen molar-refractivity contribution in [3.63, 3.8) is 0 Å². The van der Waals surface area contributed by atoms with Crippen molar-refractivity contribution >= 4 is 5.97 Å². The Morgan fingerprint density at radius 3 is 2.75 bits per heavy atom. The van der Waals surface area contributed by atoms with E-state index in [1.165, 1.54) is 12.8 Å². The first kappa shape index (κ1) is 15.8. The largest absolute Gasteiger partial charge is 0.465 e. The second kappa shape index (κ2) is 6.44. The van der Waals surface area contributed by atoms with Crippen molar-refractivity contribution in [3.05, 3.63) is 0 Å². The third kappa shape index (κ3) is 3.34.